The molecule has 0 radical (unpaired) electrons. The van der Waals surface area contributed by atoms with Gasteiger partial charge in [0, 0.05) is 48.9 Å². The Kier molecular flexibility index (Phi) is 6.27. The first-order valence-corrected chi connectivity index (χ1v) is 11.1. The summed E-state index contributed by atoms with van der Waals surface area (Å²) in [5.41, 5.74) is 8.64. The average molecular weight is 445 g/mol. The van der Waals surface area contributed by atoms with E-state index in [0.29, 0.717) is 24.5 Å². The van der Waals surface area contributed by atoms with Crippen molar-refractivity contribution in [2.45, 2.75) is 47.1 Å². The molecule has 0 spiro atoms. The third-order valence-electron chi connectivity index (χ3n) is 6.31. The lowest BCUT2D eigenvalue weighted by atomic mass is 9.96. The number of rotatable bonds is 4. The number of allylic oxidation sites excluding steroid dienone is 8. The maximum atomic E-state index is 13.8. The molecule has 170 valence electrons. The molecule has 1 N–H and O–H groups in total. The van der Waals surface area contributed by atoms with Gasteiger partial charge in [0.2, 0.25) is 0 Å². The smallest absolute Gasteiger partial charge is 0.251 e. The minimum atomic E-state index is -0.224. The van der Waals surface area contributed by atoms with Crippen molar-refractivity contribution in [2.75, 3.05) is 6.54 Å². The van der Waals surface area contributed by atoms with E-state index < -0.39 is 0 Å². The van der Waals surface area contributed by atoms with Crippen molar-refractivity contribution >= 4 is 11.1 Å². The van der Waals surface area contributed by atoms with Crippen LogP contribution in [0.4, 0.5) is 4.39 Å². The third kappa shape index (κ3) is 4.95. The molecule has 33 heavy (non-hydrogen) atoms. The molecule has 6 heteroatoms. The number of nitrogens with one attached hydrogen (secondary N) is 1. The highest BCUT2D eigenvalue weighted by molar-refractivity contribution is 5.70. The lowest BCUT2D eigenvalue weighted by Gasteiger charge is -2.33. The van der Waals surface area contributed by atoms with Crippen molar-refractivity contribution in [3.63, 3.8) is 0 Å². The number of halogens is 1. The first kappa shape index (κ1) is 22.6. The SMILES string of the molecule is C=C(/C(C)=C(/C)c1nc(C)cc(=O)[nH]1)N1CCc2ncc(C3=CC=C(F)C=C(C)C3)cc2C1. The fraction of sp³-hybridized carbons (Fsp3) is 0.296. The van der Waals surface area contributed by atoms with E-state index in [1.807, 2.05) is 40.0 Å². The van der Waals surface area contributed by atoms with Crippen LogP contribution >= 0.6 is 0 Å². The molecule has 0 amide bonds. The Morgan fingerprint density at radius 3 is 2.76 bits per heavy atom. The summed E-state index contributed by atoms with van der Waals surface area (Å²) in [5.74, 6) is 0.349. The highest BCUT2D eigenvalue weighted by atomic mass is 19.1. The van der Waals surface area contributed by atoms with Crippen molar-refractivity contribution in [1.29, 1.82) is 0 Å². The van der Waals surface area contributed by atoms with E-state index in [1.54, 1.807) is 6.08 Å². The van der Waals surface area contributed by atoms with Crippen LogP contribution in [0.25, 0.3) is 11.1 Å². The van der Waals surface area contributed by atoms with E-state index in [2.05, 4.69) is 27.5 Å². The Bertz CT molecular complexity index is 1310. The first-order valence-electron chi connectivity index (χ1n) is 11.1. The Morgan fingerprint density at radius 2 is 2.00 bits per heavy atom. The Hall–Kier alpha value is -3.54. The molecule has 0 saturated carbocycles. The number of hydrogen-bond acceptors (Lipinski definition) is 4. The second kappa shape index (κ2) is 9.14. The van der Waals surface area contributed by atoms with E-state index in [-0.39, 0.29) is 11.4 Å². The molecule has 0 aromatic carbocycles. The van der Waals surface area contributed by atoms with E-state index in [9.17, 15) is 9.18 Å². The maximum Gasteiger partial charge on any atom is 0.251 e. The molecule has 0 saturated heterocycles. The first-order chi connectivity index (χ1) is 15.7. The summed E-state index contributed by atoms with van der Waals surface area (Å²) < 4.78 is 13.8. The van der Waals surface area contributed by atoms with Crippen molar-refractivity contribution < 1.29 is 4.39 Å². The van der Waals surface area contributed by atoms with Crippen molar-refractivity contribution in [2.24, 2.45) is 0 Å². The van der Waals surface area contributed by atoms with Gasteiger partial charge in [0.25, 0.3) is 5.56 Å². The molecule has 1 aliphatic carbocycles. The predicted molar refractivity (Wildman–Crippen MR) is 131 cm³/mol. The van der Waals surface area contributed by atoms with Gasteiger partial charge in [-0.1, -0.05) is 18.2 Å². The normalized spacial score (nSPS) is 16.8. The second-order valence-electron chi connectivity index (χ2n) is 8.84. The van der Waals surface area contributed by atoms with Gasteiger partial charge in [-0.3, -0.25) is 9.78 Å². The van der Waals surface area contributed by atoms with Crippen LogP contribution in [0.3, 0.4) is 0 Å². The molecule has 2 aromatic heterocycles. The lowest BCUT2D eigenvalue weighted by Crippen LogP contribution is -2.31. The third-order valence-corrected chi connectivity index (χ3v) is 6.31. The lowest BCUT2D eigenvalue weighted by molar-refractivity contribution is 0.326. The molecule has 0 fully saturated rings. The number of pyridine rings is 1. The number of aromatic amines is 1. The fourth-order valence-electron chi connectivity index (χ4n) is 4.29. The summed E-state index contributed by atoms with van der Waals surface area (Å²) in [4.78, 5) is 26.1. The number of aryl methyl sites for hydroxylation is 1. The summed E-state index contributed by atoms with van der Waals surface area (Å²) in [7, 11) is 0. The van der Waals surface area contributed by atoms with Gasteiger partial charge >= 0.3 is 0 Å². The molecule has 0 atom stereocenters. The molecule has 5 nitrogen and oxygen atoms in total. The zero-order valence-electron chi connectivity index (χ0n) is 19.6. The van der Waals surface area contributed by atoms with Gasteiger partial charge in [-0.15, -0.1) is 0 Å². The van der Waals surface area contributed by atoms with E-state index in [1.165, 1.54) is 12.1 Å². The molecular weight excluding hydrogens is 415 g/mol. The topological polar surface area (TPSA) is 61.9 Å². The second-order valence-corrected chi connectivity index (χ2v) is 8.84. The van der Waals surface area contributed by atoms with Gasteiger partial charge in [0.05, 0.1) is 0 Å². The average Bonchev–Trinajstić information content (AvgIpc) is 2.96. The number of fused-ring (bicyclic) bond motifs is 1. The molecule has 1 aliphatic heterocycles. The summed E-state index contributed by atoms with van der Waals surface area (Å²) in [6.45, 7) is 13.6. The Balaban J connectivity index is 1.59. The van der Waals surface area contributed by atoms with Gasteiger partial charge < -0.3 is 9.88 Å². The molecule has 4 rings (SSSR count). The van der Waals surface area contributed by atoms with Gasteiger partial charge in [0.1, 0.15) is 11.7 Å². The van der Waals surface area contributed by atoms with Crippen LogP contribution in [-0.4, -0.2) is 26.4 Å². The van der Waals surface area contributed by atoms with Gasteiger partial charge in [-0.05, 0) is 80.2 Å². The molecule has 0 unspecified atom stereocenters. The summed E-state index contributed by atoms with van der Waals surface area (Å²) >= 11 is 0. The zero-order valence-corrected chi connectivity index (χ0v) is 19.6. The molecule has 0 bridgehead atoms. The van der Waals surface area contributed by atoms with Crippen molar-refractivity contribution in [1.82, 2.24) is 19.9 Å². The van der Waals surface area contributed by atoms with E-state index in [4.69, 9.17) is 4.98 Å². The molecule has 2 aromatic rings. The van der Waals surface area contributed by atoms with E-state index in [0.717, 1.165) is 57.8 Å². The molecular formula is C27H29FN4O. The summed E-state index contributed by atoms with van der Waals surface area (Å²) in [6, 6.07) is 3.65. The van der Waals surface area contributed by atoms with Crippen molar-refractivity contribution in [3.05, 3.63) is 104 Å². The summed E-state index contributed by atoms with van der Waals surface area (Å²) in [6.07, 6.45) is 8.36. The fourth-order valence-corrected chi connectivity index (χ4v) is 4.29. The Labute approximate surface area is 193 Å². The number of nitrogens with zero attached hydrogens (tertiary/aromatic N) is 3. The highest BCUT2D eigenvalue weighted by Gasteiger charge is 2.21. The van der Waals surface area contributed by atoms with Crippen LogP contribution < -0.4 is 5.56 Å². The van der Waals surface area contributed by atoms with Gasteiger partial charge in [0.15, 0.2) is 0 Å². The number of hydrogen-bond donors (Lipinski definition) is 1. The summed E-state index contributed by atoms with van der Waals surface area (Å²) in [5, 5.41) is 0. The quantitative estimate of drug-likeness (QED) is 0.639. The minimum absolute atomic E-state index is 0.159. The van der Waals surface area contributed by atoms with Crippen LogP contribution in [0.2, 0.25) is 0 Å². The van der Waals surface area contributed by atoms with E-state index >= 15 is 0 Å². The molecule has 3 heterocycles. The predicted octanol–water partition coefficient (Wildman–Crippen LogP) is 5.43. The number of H-pyrrole nitrogens is 1. The molecule has 2 aliphatic rings. The monoisotopic (exact) mass is 444 g/mol. The van der Waals surface area contributed by atoms with Gasteiger partial charge in [-0.2, -0.15) is 0 Å². The van der Waals surface area contributed by atoms with Crippen LogP contribution in [0.1, 0.15) is 55.5 Å². The van der Waals surface area contributed by atoms with Gasteiger partial charge in [-0.25, -0.2) is 9.37 Å². The minimum Gasteiger partial charge on any atom is -0.367 e. The zero-order chi connectivity index (χ0) is 23.7. The standard InChI is InChI=1S/C27H29FN4O/c1-16-10-21(6-7-24(28)11-16)22-13-23-15-32(9-8-25(23)29-14-22)20(5)18(3)19(4)27-30-17(2)12-26(33)31-27/h6-7,11-14H,5,8-10,15H2,1-4H3,(H,30,31,33)/b19-18-. The van der Waals surface area contributed by atoms with Crippen molar-refractivity contribution in [3.8, 4) is 0 Å². The van der Waals surface area contributed by atoms with Crippen LogP contribution in [-0.2, 0) is 13.0 Å². The largest absolute Gasteiger partial charge is 0.367 e. The van der Waals surface area contributed by atoms with Crippen LogP contribution in [0.5, 0.6) is 0 Å². The van der Waals surface area contributed by atoms with Crippen LogP contribution in [0, 0.1) is 6.92 Å². The highest BCUT2D eigenvalue weighted by Crippen LogP contribution is 2.31. The van der Waals surface area contributed by atoms with Crippen LogP contribution in [0.15, 0.2) is 70.6 Å². The maximum absolute atomic E-state index is 13.8. The number of aromatic nitrogens is 3. The Morgan fingerprint density at radius 1 is 1.21 bits per heavy atom.